The molecule has 2 aliphatic heterocycles. The van der Waals surface area contributed by atoms with Gasteiger partial charge in [0.2, 0.25) is 0 Å². The first kappa shape index (κ1) is 13.4. The molecule has 0 amide bonds. The lowest BCUT2D eigenvalue weighted by Crippen LogP contribution is -2.35. The van der Waals surface area contributed by atoms with Crippen molar-refractivity contribution in [2.24, 2.45) is 11.8 Å². The van der Waals surface area contributed by atoms with Crippen LogP contribution in [-0.2, 0) is 0 Å². The summed E-state index contributed by atoms with van der Waals surface area (Å²) in [6.45, 7) is 12.0. The zero-order chi connectivity index (χ0) is 13.0. The molecule has 0 aliphatic carbocycles. The van der Waals surface area contributed by atoms with E-state index in [9.17, 15) is 0 Å². The molecule has 0 bridgehead atoms. The molecule has 18 heavy (non-hydrogen) atoms. The van der Waals surface area contributed by atoms with E-state index in [1.165, 1.54) is 32.5 Å². The van der Waals surface area contributed by atoms with E-state index in [4.69, 9.17) is 0 Å². The van der Waals surface area contributed by atoms with Crippen molar-refractivity contribution in [1.82, 2.24) is 10.2 Å². The fraction of sp³-hybridized carbons (Fsp3) is 0.625. The van der Waals surface area contributed by atoms with Crippen LogP contribution in [0.2, 0.25) is 0 Å². The Bertz CT molecular complexity index is 335. The van der Waals surface area contributed by atoms with Gasteiger partial charge in [0.1, 0.15) is 0 Å². The topological polar surface area (TPSA) is 15.3 Å². The quantitative estimate of drug-likeness (QED) is 0.767. The Labute approximate surface area is 111 Å². The van der Waals surface area contributed by atoms with Crippen LogP contribution in [0.15, 0.2) is 36.6 Å². The van der Waals surface area contributed by atoms with E-state index in [-0.39, 0.29) is 0 Å². The molecule has 2 heterocycles. The lowest BCUT2D eigenvalue weighted by Gasteiger charge is -2.33. The molecule has 1 fully saturated rings. The van der Waals surface area contributed by atoms with E-state index in [0.29, 0.717) is 12.0 Å². The van der Waals surface area contributed by atoms with Gasteiger partial charge in [0.05, 0.1) is 6.04 Å². The Balaban J connectivity index is 2.02. The third kappa shape index (κ3) is 2.69. The van der Waals surface area contributed by atoms with Crippen LogP contribution in [0.1, 0.15) is 26.7 Å². The first-order chi connectivity index (χ1) is 8.80. The highest BCUT2D eigenvalue weighted by atomic mass is 15.1. The van der Waals surface area contributed by atoms with E-state index >= 15 is 0 Å². The summed E-state index contributed by atoms with van der Waals surface area (Å²) < 4.78 is 0. The van der Waals surface area contributed by atoms with E-state index in [0.717, 1.165) is 5.92 Å². The third-order valence-corrected chi connectivity index (χ3v) is 4.37. The maximum absolute atomic E-state index is 3.94. The molecule has 2 heteroatoms. The van der Waals surface area contributed by atoms with Crippen LogP contribution in [0, 0.1) is 11.8 Å². The molecule has 0 radical (unpaired) electrons. The summed E-state index contributed by atoms with van der Waals surface area (Å²) in [6, 6.07) is 0.389. The SMILES string of the molecule is C=CC1NC=C(C2CCN(CC)CC2)C1/C=C\C. The highest BCUT2D eigenvalue weighted by molar-refractivity contribution is 5.27. The minimum absolute atomic E-state index is 0.389. The fourth-order valence-electron chi connectivity index (χ4n) is 3.23. The Morgan fingerprint density at radius 1 is 1.44 bits per heavy atom. The maximum Gasteiger partial charge on any atom is 0.0537 e. The van der Waals surface area contributed by atoms with Crippen molar-refractivity contribution in [1.29, 1.82) is 0 Å². The molecule has 1 saturated heterocycles. The van der Waals surface area contributed by atoms with E-state index in [2.05, 4.69) is 49.0 Å². The van der Waals surface area contributed by atoms with Gasteiger partial charge in [0.25, 0.3) is 0 Å². The number of allylic oxidation sites excluding steroid dienone is 1. The van der Waals surface area contributed by atoms with Gasteiger partial charge in [-0.3, -0.25) is 0 Å². The molecule has 2 unspecified atom stereocenters. The average Bonchev–Trinajstić information content (AvgIpc) is 2.82. The van der Waals surface area contributed by atoms with Gasteiger partial charge < -0.3 is 10.2 Å². The summed E-state index contributed by atoms with van der Waals surface area (Å²) in [5.41, 5.74) is 1.59. The van der Waals surface area contributed by atoms with E-state index in [1.807, 2.05) is 6.08 Å². The molecule has 100 valence electrons. The summed E-state index contributed by atoms with van der Waals surface area (Å²) in [5.74, 6) is 1.28. The zero-order valence-electron chi connectivity index (χ0n) is 11.7. The fourth-order valence-corrected chi connectivity index (χ4v) is 3.23. The second-order valence-corrected chi connectivity index (χ2v) is 5.33. The largest absolute Gasteiger partial charge is 0.384 e. The molecule has 1 N–H and O–H groups in total. The van der Waals surface area contributed by atoms with E-state index in [1.54, 1.807) is 5.57 Å². The van der Waals surface area contributed by atoms with Crippen LogP contribution >= 0.6 is 0 Å². The molecular weight excluding hydrogens is 220 g/mol. The van der Waals surface area contributed by atoms with Gasteiger partial charge in [0, 0.05) is 5.92 Å². The van der Waals surface area contributed by atoms with Crippen LogP contribution in [0.4, 0.5) is 0 Å². The maximum atomic E-state index is 3.94. The predicted octanol–water partition coefficient (Wildman–Crippen LogP) is 2.95. The molecule has 2 atom stereocenters. The monoisotopic (exact) mass is 246 g/mol. The van der Waals surface area contributed by atoms with Crippen LogP contribution in [0.25, 0.3) is 0 Å². The van der Waals surface area contributed by atoms with Crippen molar-refractivity contribution in [3.05, 3.63) is 36.6 Å². The second kappa shape index (κ2) is 6.24. The van der Waals surface area contributed by atoms with Crippen LogP contribution in [-0.4, -0.2) is 30.6 Å². The molecule has 2 nitrogen and oxygen atoms in total. The van der Waals surface area contributed by atoms with Gasteiger partial charge in [-0.05, 0) is 57.1 Å². The lowest BCUT2D eigenvalue weighted by molar-refractivity contribution is 0.204. The van der Waals surface area contributed by atoms with Crippen LogP contribution in [0.3, 0.4) is 0 Å². The number of hydrogen-bond donors (Lipinski definition) is 1. The average molecular weight is 246 g/mol. The van der Waals surface area contributed by atoms with Gasteiger partial charge in [-0.1, -0.05) is 25.2 Å². The van der Waals surface area contributed by atoms with E-state index < -0.39 is 0 Å². The molecule has 0 aromatic carbocycles. The van der Waals surface area contributed by atoms with Crippen molar-refractivity contribution in [3.8, 4) is 0 Å². The Morgan fingerprint density at radius 2 is 2.17 bits per heavy atom. The number of likely N-dealkylation sites (tertiary alicyclic amines) is 1. The highest BCUT2D eigenvalue weighted by Gasteiger charge is 2.31. The standard InChI is InChI=1S/C16H26N2/c1-4-7-14-15(12-17-16(14)5-2)13-8-10-18(6-3)11-9-13/h4-5,7,12-14,16-17H,2,6,8-11H2,1,3H3/b7-4-. The Morgan fingerprint density at radius 3 is 2.72 bits per heavy atom. The molecule has 2 rings (SSSR count). The first-order valence-corrected chi connectivity index (χ1v) is 7.23. The van der Waals surface area contributed by atoms with Gasteiger partial charge in [-0.15, -0.1) is 6.58 Å². The van der Waals surface area contributed by atoms with Crippen LogP contribution in [0.5, 0.6) is 0 Å². The number of nitrogens with one attached hydrogen (secondary N) is 1. The van der Waals surface area contributed by atoms with Crippen LogP contribution < -0.4 is 5.32 Å². The predicted molar refractivity (Wildman–Crippen MR) is 78.3 cm³/mol. The number of rotatable bonds is 4. The minimum Gasteiger partial charge on any atom is -0.384 e. The normalized spacial score (nSPS) is 30.4. The van der Waals surface area contributed by atoms with Crippen molar-refractivity contribution in [2.45, 2.75) is 32.7 Å². The molecule has 2 aliphatic rings. The first-order valence-electron chi connectivity index (χ1n) is 7.23. The smallest absolute Gasteiger partial charge is 0.0537 e. The lowest BCUT2D eigenvalue weighted by atomic mass is 9.81. The minimum atomic E-state index is 0.389. The summed E-state index contributed by atoms with van der Waals surface area (Å²) in [6.07, 6.45) is 11.4. The van der Waals surface area contributed by atoms with Crippen molar-refractivity contribution in [2.75, 3.05) is 19.6 Å². The number of hydrogen-bond acceptors (Lipinski definition) is 2. The van der Waals surface area contributed by atoms with Gasteiger partial charge in [-0.25, -0.2) is 0 Å². The Kier molecular flexibility index (Phi) is 4.65. The van der Waals surface area contributed by atoms with Gasteiger partial charge >= 0.3 is 0 Å². The molecule has 0 aromatic heterocycles. The van der Waals surface area contributed by atoms with Crippen molar-refractivity contribution < 1.29 is 0 Å². The molecule has 0 aromatic rings. The van der Waals surface area contributed by atoms with Crippen molar-refractivity contribution in [3.63, 3.8) is 0 Å². The molecular formula is C16H26N2. The summed E-state index contributed by atoms with van der Waals surface area (Å²) in [5, 5.41) is 3.47. The van der Waals surface area contributed by atoms with Crippen molar-refractivity contribution >= 4 is 0 Å². The molecule has 0 saturated carbocycles. The zero-order valence-corrected chi connectivity index (χ0v) is 11.7. The highest BCUT2D eigenvalue weighted by Crippen LogP contribution is 2.35. The third-order valence-electron chi connectivity index (χ3n) is 4.37. The Hall–Kier alpha value is -1.02. The summed E-state index contributed by atoms with van der Waals surface area (Å²) in [4.78, 5) is 2.55. The van der Waals surface area contributed by atoms with Gasteiger partial charge in [-0.2, -0.15) is 0 Å². The summed E-state index contributed by atoms with van der Waals surface area (Å²) in [7, 11) is 0. The molecule has 0 spiro atoms. The summed E-state index contributed by atoms with van der Waals surface area (Å²) >= 11 is 0. The number of piperidine rings is 1. The van der Waals surface area contributed by atoms with Gasteiger partial charge in [0.15, 0.2) is 0 Å². The number of nitrogens with zero attached hydrogens (tertiary/aromatic N) is 1. The second-order valence-electron chi connectivity index (χ2n) is 5.33.